The van der Waals surface area contributed by atoms with Crippen molar-refractivity contribution in [2.45, 2.75) is 29.5 Å². The highest BCUT2D eigenvalue weighted by molar-refractivity contribution is 8.02. The van der Waals surface area contributed by atoms with Crippen molar-refractivity contribution >= 4 is 34.1 Å². The van der Waals surface area contributed by atoms with E-state index in [0.717, 1.165) is 27.8 Å². The van der Waals surface area contributed by atoms with E-state index in [0.29, 0.717) is 18.2 Å². The highest BCUT2D eigenvalue weighted by atomic mass is 32.2. The first-order chi connectivity index (χ1) is 13.6. The number of furan rings is 1. The number of anilines is 1. The fourth-order valence-corrected chi connectivity index (χ4v) is 4.29. The Bertz CT molecular complexity index is 866. The molecule has 0 aliphatic carbocycles. The van der Waals surface area contributed by atoms with Gasteiger partial charge in [-0.25, -0.2) is 0 Å². The molecule has 9 heteroatoms. The molecule has 1 aromatic carbocycles. The second-order valence-corrected chi connectivity index (χ2v) is 8.52. The summed E-state index contributed by atoms with van der Waals surface area (Å²) in [5, 5.41) is 14.8. The maximum Gasteiger partial charge on any atom is 0.233 e. The van der Waals surface area contributed by atoms with Gasteiger partial charge in [0.15, 0.2) is 4.34 Å². The molecule has 148 valence electrons. The molecule has 3 rings (SSSR count). The zero-order valence-corrected chi connectivity index (χ0v) is 17.3. The Morgan fingerprint density at radius 2 is 2.11 bits per heavy atom. The zero-order valence-electron chi connectivity index (χ0n) is 15.7. The lowest BCUT2D eigenvalue weighted by molar-refractivity contribution is -0.120. The number of rotatable bonds is 10. The molecule has 0 aliphatic rings. The minimum Gasteiger partial charge on any atom is -0.497 e. The third-order valence-corrected chi connectivity index (χ3v) is 5.98. The van der Waals surface area contributed by atoms with Gasteiger partial charge in [-0.15, -0.1) is 10.2 Å². The van der Waals surface area contributed by atoms with Gasteiger partial charge in [0, 0.05) is 6.54 Å². The molecule has 2 N–H and O–H groups in total. The molecule has 1 unspecified atom stereocenters. The molecule has 28 heavy (non-hydrogen) atoms. The number of carbonyl (C=O) groups is 1. The van der Waals surface area contributed by atoms with Crippen molar-refractivity contribution in [2.75, 3.05) is 19.0 Å². The Hall–Kier alpha value is -2.52. The van der Waals surface area contributed by atoms with Gasteiger partial charge in [-0.05, 0) is 43.2 Å². The topological polar surface area (TPSA) is 89.3 Å². The van der Waals surface area contributed by atoms with E-state index < -0.39 is 0 Å². The van der Waals surface area contributed by atoms with Crippen LogP contribution in [0.1, 0.15) is 18.2 Å². The molecule has 0 saturated heterocycles. The molecule has 0 fully saturated rings. The van der Waals surface area contributed by atoms with Crippen molar-refractivity contribution in [1.29, 1.82) is 0 Å². The van der Waals surface area contributed by atoms with Crippen molar-refractivity contribution in [3.8, 4) is 5.75 Å². The van der Waals surface area contributed by atoms with E-state index in [1.807, 2.05) is 43.3 Å². The predicted molar refractivity (Wildman–Crippen MR) is 111 cm³/mol. The average Bonchev–Trinajstić information content (AvgIpc) is 3.38. The second kappa shape index (κ2) is 10.1. The summed E-state index contributed by atoms with van der Waals surface area (Å²) in [5.74, 6) is 1.64. The summed E-state index contributed by atoms with van der Waals surface area (Å²) in [6.07, 6.45) is 2.40. The standard InChI is InChI=1S/C19H22N4O3S2/c1-13(17(24)20-10-9-14-5-7-15(25-2)8-6-14)27-19-23-22-18(28-19)21-12-16-4-3-11-26-16/h3-8,11,13H,9-10,12H2,1-2H3,(H,20,24)(H,21,22). The Kier molecular flexibility index (Phi) is 7.32. The summed E-state index contributed by atoms with van der Waals surface area (Å²) in [4.78, 5) is 12.3. The van der Waals surface area contributed by atoms with Crippen LogP contribution in [0.5, 0.6) is 5.75 Å². The number of methoxy groups -OCH3 is 1. The van der Waals surface area contributed by atoms with E-state index in [2.05, 4.69) is 20.8 Å². The molecule has 0 spiro atoms. The van der Waals surface area contributed by atoms with E-state index in [1.54, 1.807) is 13.4 Å². The van der Waals surface area contributed by atoms with Crippen LogP contribution in [0.3, 0.4) is 0 Å². The number of hydrogen-bond acceptors (Lipinski definition) is 8. The van der Waals surface area contributed by atoms with E-state index in [4.69, 9.17) is 9.15 Å². The van der Waals surface area contributed by atoms with Crippen LogP contribution in [-0.4, -0.2) is 35.0 Å². The molecule has 3 aromatic rings. The molecule has 1 amide bonds. The number of amides is 1. The summed E-state index contributed by atoms with van der Waals surface area (Å²) in [7, 11) is 1.64. The van der Waals surface area contributed by atoms with Gasteiger partial charge in [0.05, 0.1) is 25.2 Å². The van der Waals surface area contributed by atoms with E-state index in [9.17, 15) is 4.79 Å². The molecule has 2 aromatic heterocycles. The number of carbonyl (C=O) groups excluding carboxylic acids is 1. The van der Waals surface area contributed by atoms with Gasteiger partial charge in [-0.3, -0.25) is 4.79 Å². The Morgan fingerprint density at radius 1 is 1.29 bits per heavy atom. The predicted octanol–water partition coefficient (Wildman–Crippen LogP) is 3.59. The smallest absolute Gasteiger partial charge is 0.233 e. The zero-order chi connectivity index (χ0) is 19.8. The molecular formula is C19H22N4O3S2. The highest BCUT2D eigenvalue weighted by Crippen LogP contribution is 2.29. The largest absolute Gasteiger partial charge is 0.497 e. The first-order valence-corrected chi connectivity index (χ1v) is 10.5. The van der Waals surface area contributed by atoms with Crippen LogP contribution in [0.25, 0.3) is 0 Å². The van der Waals surface area contributed by atoms with Crippen LogP contribution in [0.15, 0.2) is 51.4 Å². The second-order valence-electron chi connectivity index (χ2n) is 5.96. The minimum absolute atomic E-state index is 0.0150. The van der Waals surface area contributed by atoms with Gasteiger partial charge in [0.25, 0.3) is 0 Å². The molecule has 0 bridgehead atoms. The molecule has 0 aliphatic heterocycles. The summed E-state index contributed by atoms with van der Waals surface area (Å²) in [6.45, 7) is 3.00. The monoisotopic (exact) mass is 418 g/mol. The lowest BCUT2D eigenvalue weighted by Crippen LogP contribution is -2.32. The quantitative estimate of drug-likeness (QED) is 0.486. The molecule has 2 heterocycles. The minimum atomic E-state index is -0.248. The van der Waals surface area contributed by atoms with Crippen molar-refractivity contribution in [1.82, 2.24) is 15.5 Å². The van der Waals surface area contributed by atoms with Crippen LogP contribution in [0, 0.1) is 0 Å². The summed E-state index contributed by atoms with van der Waals surface area (Å²) in [6, 6.07) is 11.6. The van der Waals surface area contributed by atoms with Gasteiger partial charge in [-0.1, -0.05) is 35.2 Å². The Morgan fingerprint density at radius 3 is 2.82 bits per heavy atom. The molecular weight excluding hydrogens is 396 g/mol. The first kappa shape index (κ1) is 20.2. The SMILES string of the molecule is COc1ccc(CCNC(=O)C(C)Sc2nnc(NCc3ccco3)s2)cc1. The van der Waals surface area contributed by atoms with Crippen molar-refractivity contribution in [3.63, 3.8) is 0 Å². The fraction of sp³-hybridized carbons (Fsp3) is 0.316. The summed E-state index contributed by atoms with van der Waals surface area (Å²) >= 11 is 2.82. The highest BCUT2D eigenvalue weighted by Gasteiger charge is 2.17. The van der Waals surface area contributed by atoms with Crippen LogP contribution >= 0.6 is 23.1 Å². The lowest BCUT2D eigenvalue weighted by Gasteiger charge is -2.10. The lowest BCUT2D eigenvalue weighted by atomic mass is 10.1. The summed E-state index contributed by atoms with van der Waals surface area (Å²) in [5.41, 5.74) is 1.15. The van der Waals surface area contributed by atoms with E-state index in [-0.39, 0.29) is 11.2 Å². The average molecular weight is 419 g/mol. The third kappa shape index (κ3) is 6.00. The van der Waals surface area contributed by atoms with Gasteiger partial charge >= 0.3 is 0 Å². The van der Waals surface area contributed by atoms with E-state index >= 15 is 0 Å². The number of ether oxygens (including phenoxy) is 1. The fourth-order valence-electron chi connectivity index (χ4n) is 2.38. The van der Waals surface area contributed by atoms with Gasteiger partial charge in [0.2, 0.25) is 11.0 Å². The molecule has 0 radical (unpaired) electrons. The maximum absolute atomic E-state index is 12.3. The van der Waals surface area contributed by atoms with Crippen LogP contribution in [-0.2, 0) is 17.8 Å². The number of hydrogen-bond donors (Lipinski definition) is 2. The normalized spacial score (nSPS) is 11.8. The third-order valence-electron chi connectivity index (χ3n) is 3.92. The van der Waals surface area contributed by atoms with Gasteiger partial charge < -0.3 is 19.8 Å². The number of aromatic nitrogens is 2. The number of nitrogens with one attached hydrogen (secondary N) is 2. The molecule has 1 atom stereocenters. The van der Waals surface area contributed by atoms with Crippen LogP contribution in [0.2, 0.25) is 0 Å². The Balaban J connectivity index is 1.39. The number of thioether (sulfide) groups is 1. The van der Waals surface area contributed by atoms with Crippen molar-refractivity contribution < 1.29 is 13.9 Å². The van der Waals surface area contributed by atoms with Crippen molar-refractivity contribution in [3.05, 3.63) is 54.0 Å². The summed E-state index contributed by atoms with van der Waals surface area (Å²) < 4.78 is 11.2. The number of nitrogens with zero attached hydrogens (tertiary/aromatic N) is 2. The van der Waals surface area contributed by atoms with E-state index in [1.165, 1.54) is 23.1 Å². The van der Waals surface area contributed by atoms with Crippen LogP contribution < -0.4 is 15.4 Å². The maximum atomic E-state index is 12.3. The van der Waals surface area contributed by atoms with Crippen molar-refractivity contribution in [2.24, 2.45) is 0 Å². The Labute approximate surface area is 171 Å². The molecule has 0 saturated carbocycles. The van der Waals surface area contributed by atoms with Crippen LogP contribution in [0.4, 0.5) is 5.13 Å². The van der Waals surface area contributed by atoms with Gasteiger partial charge in [-0.2, -0.15) is 0 Å². The first-order valence-electron chi connectivity index (χ1n) is 8.81. The molecule has 7 nitrogen and oxygen atoms in total. The number of benzene rings is 1. The van der Waals surface area contributed by atoms with Gasteiger partial charge in [0.1, 0.15) is 11.5 Å².